The summed E-state index contributed by atoms with van der Waals surface area (Å²) in [6.45, 7) is 21.5. The van der Waals surface area contributed by atoms with E-state index in [9.17, 15) is 0 Å². The first kappa shape index (κ1) is 34.7. The molecule has 0 aliphatic heterocycles. The molecule has 4 aromatic carbocycles. The van der Waals surface area contributed by atoms with Crippen molar-refractivity contribution in [3.8, 4) is 0 Å². The predicted octanol–water partition coefficient (Wildman–Crippen LogP) is 12.3. The van der Waals surface area contributed by atoms with Gasteiger partial charge in [-0.25, -0.2) is 0 Å². The van der Waals surface area contributed by atoms with Gasteiger partial charge in [0.1, 0.15) is 0 Å². The predicted molar refractivity (Wildman–Crippen MR) is 188 cm³/mol. The molecule has 220 valence electrons. The third kappa shape index (κ3) is 11.0. The number of benzene rings is 4. The quantitative estimate of drug-likeness (QED) is 0.211. The molecular formula is C36H45BrCl2N2. The maximum absolute atomic E-state index is 6.07. The molecule has 0 aliphatic carbocycles. The molecule has 0 aliphatic rings. The zero-order chi connectivity index (χ0) is 31.1. The smallest absolute Gasteiger partial charge is 0.0444 e. The highest BCUT2D eigenvalue weighted by Gasteiger charge is 2.13. The second kappa shape index (κ2) is 14.6. The SMILES string of the molecule is CC(C)(C)c1ccc(N)cc1.Cc1cc(Cl)cc(C)c1Br.Cc1cc(Cl)cc(C)c1Nc1ccc(C(C)(C)C)cc1. The van der Waals surface area contributed by atoms with Crippen LogP contribution in [0.5, 0.6) is 0 Å². The van der Waals surface area contributed by atoms with Crippen molar-refractivity contribution in [1.82, 2.24) is 0 Å². The van der Waals surface area contributed by atoms with E-state index in [1.165, 1.54) is 22.3 Å². The van der Waals surface area contributed by atoms with Crippen molar-refractivity contribution in [2.24, 2.45) is 0 Å². The Morgan fingerprint density at radius 3 is 1.29 bits per heavy atom. The van der Waals surface area contributed by atoms with Gasteiger partial charge in [-0.2, -0.15) is 0 Å². The van der Waals surface area contributed by atoms with Gasteiger partial charge in [0.05, 0.1) is 0 Å². The summed E-state index contributed by atoms with van der Waals surface area (Å²) in [5, 5.41) is 5.08. The Labute approximate surface area is 266 Å². The molecule has 4 aromatic rings. The molecule has 0 unspecified atom stereocenters. The van der Waals surface area contributed by atoms with Crippen LogP contribution in [0.25, 0.3) is 0 Å². The number of nitrogen functional groups attached to an aromatic ring is 1. The molecule has 2 nitrogen and oxygen atoms in total. The van der Waals surface area contributed by atoms with Gasteiger partial charge in [-0.05, 0) is 120 Å². The van der Waals surface area contributed by atoms with Gasteiger partial charge in [-0.1, -0.05) is 105 Å². The van der Waals surface area contributed by atoms with Crippen molar-refractivity contribution in [3.05, 3.63) is 121 Å². The zero-order valence-electron chi connectivity index (χ0n) is 26.1. The Balaban J connectivity index is 0.000000236. The lowest BCUT2D eigenvalue weighted by atomic mass is 9.87. The molecule has 5 heteroatoms. The third-order valence-corrected chi connectivity index (χ3v) is 8.38. The molecule has 3 N–H and O–H groups in total. The van der Waals surface area contributed by atoms with E-state index in [1.54, 1.807) is 0 Å². The summed E-state index contributed by atoms with van der Waals surface area (Å²) in [6, 6.07) is 24.5. The summed E-state index contributed by atoms with van der Waals surface area (Å²) in [5.74, 6) is 0. The molecule has 0 saturated heterocycles. The van der Waals surface area contributed by atoms with Gasteiger partial charge in [0.25, 0.3) is 0 Å². The first-order valence-corrected chi connectivity index (χ1v) is 15.4. The highest BCUT2D eigenvalue weighted by molar-refractivity contribution is 9.10. The summed E-state index contributed by atoms with van der Waals surface area (Å²) < 4.78 is 1.15. The van der Waals surface area contributed by atoms with Gasteiger partial charge in [-0.3, -0.25) is 0 Å². The van der Waals surface area contributed by atoms with Crippen LogP contribution in [-0.4, -0.2) is 0 Å². The largest absolute Gasteiger partial charge is 0.399 e. The molecule has 41 heavy (non-hydrogen) atoms. The van der Waals surface area contributed by atoms with E-state index in [2.05, 4.69) is 113 Å². The highest BCUT2D eigenvalue weighted by Crippen LogP contribution is 2.30. The Kier molecular flexibility index (Phi) is 12.4. The molecule has 0 fully saturated rings. The minimum atomic E-state index is 0.185. The van der Waals surface area contributed by atoms with E-state index >= 15 is 0 Å². The molecule has 0 aromatic heterocycles. The number of nitrogens with two attached hydrogens (primary N) is 1. The van der Waals surface area contributed by atoms with Crippen LogP contribution in [0.3, 0.4) is 0 Å². The van der Waals surface area contributed by atoms with E-state index in [1.807, 2.05) is 50.2 Å². The highest BCUT2D eigenvalue weighted by atomic mass is 79.9. The third-order valence-electron chi connectivity index (χ3n) is 6.70. The lowest BCUT2D eigenvalue weighted by molar-refractivity contribution is 0.590. The molecule has 0 bridgehead atoms. The van der Waals surface area contributed by atoms with Crippen LogP contribution < -0.4 is 11.1 Å². The Morgan fingerprint density at radius 1 is 0.585 bits per heavy atom. The van der Waals surface area contributed by atoms with Crippen molar-refractivity contribution >= 4 is 56.2 Å². The molecular weight excluding hydrogens is 611 g/mol. The van der Waals surface area contributed by atoms with E-state index in [0.717, 1.165) is 42.7 Å². The zero-order valence-corrected chi connectivity index (χ0v) is 29.2. The molecule has 0 saturated carbocycles. The van der Waals surface area contributed by atoms with Crippen LogP contribution >= 0.6 is 39.1 Å². The maximum atomic E-state index is 6.07. The second-order valence-electron chi connectivity index (χ2n) is 12.6. The van der Waals surface area contributed by atoms with Crippen LogP contribution in [0.15, 0.2) is 77.3 Å². The lowest BCUT2D eigenvalue weighted by Crippen LogP contribution is -2.10. The van der Waals surface area contributed by atoms with Crippen molar-refractivity contribution in [3.63, 3.8) is 0 Å². The first-order chi connectivity index (χ1) is 18.9. The number of rotatable bonds is 2. The van der Waals surface area contributed by atoms with E-state index < -0.39 is 0 Å². The van der Waals surface area contributed by atoms with Crippen LogP contribution in [-0.2, 0) is 10.8 Å². The van der Waals surface area contributed by atoms with E-state index in [0.29, 0.717) is 0 Å². The topological polar surface area (TPSA) is 38.0 Å². The van der Waals surface area contributed by atoms with Gasteiger partial charge in [-0.15, -0.1) is 0 Å². The molecule has 0 amide bonds. The van der Waals surface area contributed by atoms with Gasteiger partial charge < -0.3 is 11.1 Å². The summed E-state index contributed by atoms with van der Waals surface area (Å²) in [6.07, 6.45) is 0. The molecule has 0 atom stereocenters. The summed E-state index contributed by atoms with van der Waals surface area (Å²) in [5.41, 5.74) is 16.4. The maximum Gasteiger partial charge on any atom is 0.0444 e. The monoisotopic (exact) mass is 654 g/mol. The van der Waals surface area contributed by atoms with Crippen molar-refractivity contribution in [1.29, 1.82) is 0 Å². The van der Waals surface area contributed by atoms with E-state index in [-0.39, 0.29) is 10.8 Å². The molecule has 0 heterocycles. The van der Waals surface area contributed by atoms with Crippen LogP contribution in [0.2, 0.25) is 10.0 Å². The van der Waals surface area contributed by atoms with Crippen molar-refractivity contribution in [2.45, 2.75) is 80.1 Å². The minimum Gasteiger partial charge on any atom is -0.399 e. The Morgan fingerprint density at radius 2 is 0.927 bits per heavy atom. The van der Waals surface area contributed by atoms with Crippen molar-refractivity contribution < 1.29 is 0 Å². The number of hydrogen-bond donors (Lipinski definition) is 2. The fourth-order valence-electron chi connectivity index (χ4n) is 4.18. The van der Waals surface area contributed by atoms with Gasteiger partial charge in [0.15, 0.2) is 0 Å². The summed E-state index contributed by atoms with van der Waals surface area (Å²) in [4.78, 5) is 0. The number of nitrogens with one attached hydrogen (secondary N) is 1. The number of halogens is 3. The van der Waals surface area contributed by atoms with Gasteiger partial charge in [0, 0.05) is 31.6 Å². The minimum absolute atomic E-state index is 0.185. The van der Waals surface area contributed by atoms with Gasteiger partial charge >= 0.3 is 0 Å². The molecule has 0 radical (unpaired) electrons. The average molecular weight is 657 g/mol. The first-order valence-electron chi connectivity index (χ1n) is 13.8. The fourth-order valence-corrected chi connectivity index (χ4v) is 5.07. The fraction of sp³-hybridized carbons (Fsp3) is 0.333. The Hall–Kier alpha value is -2.46. The van der Waals surface area contributed by atoms with Gasteiger partial charge in [0.2, 0.25) is 0 Å². The normalized spacial score (nSPS) is 11.1. The van der Waals surface area contributed by atoms with E-state index in [4.69, 9.17) is 28.9 Å². The number of hydrogen-bond acceptors (Lipinski definition) is 2. The summed E-state index contributed by atoms with van der Waals surface area (Å²) >= 11 is 15.3. The lowest BCUT2D eigenvalue weighted by Gasteiger charge is -2.20. The number of anilines is 3. The summed E-state index contributed by atoms with van der Waals surface area (Å²) in [7, 11) is 0. The van der Waals surface area contributed by atoms with Crippen LogP contribution in [0.1, 0.15) is 74.9 Å². The molecule has 4 rings (SSSR count). The van der Waals surface area contributed by atoms with Crippen LogP contribution in [0.4, 0.5) is 17.1 Å². The average Bonchev–Trinajstić information content (AvgIpc) is 2.85. The van der Waals surface area contributed by atoms with Crippen molar-refractivity contribution in [2.75, 3.05) is 11.1 Å². The second-order valence-corrected chi connectivity index (χ2v) is 14.3. The molecule has 0 spiro atoms. The Bertz CT molecular complexity index is 1380. The van der Waals surface area contributed by atoms with Crippen LogP contribution in [0, 0.1) is 27.7 Å². The standard InChI is InChI=1S/C18H22ClN.C10H15N.C8H8BrCl/c1-12-10-15(19)11-13(2)17(12)20-16-8-6-14(7-9-16)18(3,4)5;1-10(2,3)8-4-6-9(11)7-5-8;1-5-3-7(10)4-6(2)8(5)9/h6-11,20H,1-5H3;4-7H,11H2,1-3H3;3-4H,1-2H3. The number of aryl methyl sites for hydroxylation is 4.